The molecular weight excluding hydrogens is 288 g/mol. The number of sulfonamides is 1. The van der Waals surface area contributed by atoms with Gasteiger partial charge in [-0.2, -0.15) is 0 Å². The van der Waals surface area contributed by atoms with Gasteiger partial charge in [-0.25, -0.2) is 17.9 Å². The first-order valence-electron chi connectivity index (χ1n) is 5.62. The third-order valence-corrected chi connectivity index (χ3v) is 3.66. The Morgan fingerprint density at radius 3 is 2.75 bits per heavy atom. The maximum absolute atomic E-state index is 11.6. The van der Waals surface area contributed by atoms with Crippen molar-refractivity contribution in [1.82, 2.24) is 4.72 Å². The van der Waals surface area contributed by atoms with E-state index in [4.69, 9.17) is 10.5 Å². The molecule has 0 fully saturated rings. The summed E-state index contributed by atoms with van der Waals surface area (Å²) in [5, 5.41) is 9.45. The largest absolute Gasteiger partial charge is 0.491 e. The van der Waals surface area contributed by atoms with Gasteiger partial charge in [0.25, 0.3) is 0 Å². The molecule has 1 rings (SSSR count). The maximum Gasteiger partial charge on any atom is 0.404 e. The van der Waals surface area contributed by atoms with Crippen molar-refractivity contribution < 1.29 is 27.8 Å². The lowest BCUT2D eigenvalue weighted by atomic mass is 10.3. The molecule has 0 aliphatic carbocycles. The number of benzene rings is 1. The smallest absolute Gasteiger partial charge is 0.404 e. The second-order valence-electron chi connectivity index (χ2n) is 3.78. The van der Waals surface area contributed by atoms with Gasteiger partial charge in [0.15, 0.2) is 0 Å². The second-order valence-corrected chi connectivity index (χ2v) is 5.66. The van der Waals surface area contributed by atoms with E-state index in [2.05, 4.69) is 9.46 Å². The van der Waals surface area contributed by atoms with E-state index in [1.54, 1.807) is 0 Å². The number of ether oxygens (including phenoxy) is 2. The Bertz CT molecular complexity index is 560. The first-order valence-corrected chi connectivity index (χ1v) is 7.10. The van der Waals surface area contributed by atoms with Crippen LogP contribution in [0.2, 0.25) is 0 Å². The highest BCUT2D eigenvalue weighted by atomic mass is 32.2. The highest BCUT2D eigenvalue weighted by Gasteiger charge is 2.13. The molecule has 0 aromatic heterocycles. The molecule has 1 aromatic rings. The molecule has 0 aliphatic rings. The molecule has 1 aromatic carbocycles. The fourth-order valence-corrected chi connectivity index (χ4v) is 2.03. The van der Waals surface area contributed by atoms with Crippen LogP contribution in [0.4, 0.5) is 4.79 Å². The van der Waals surface area contributed by atoms with Gasteiger partial charge < -0.3 is 20.3 Å². The monoisotopic (exact) mass is 304 g/mol. The van der Waals surface area contributed by atoms with Gasteiger partial charge in [-0.1, -0.05) is 6.07 Å². The zero-order valence-corrected chi connectivity index (χ0v) is 11.6. The number of nitrogens with two attached hydrogens (primary N) is 1. The molecule has 0 radical (unpaired) electrons. The Morgan fingerprint density at radius 1 is 1.45 bits per heavy atom. The van der Waals surface area contributed by atoms with E-state index in [1.165, 1.54) is 31.3 Å². The van der Waals surface area contributed by atoms with Crippen molar-refractivity contribution in [3.63, 3.8) is 0 Å². The van der Waals surface area contributed by atoms with Crippen LogP contribution in [0.15, 0.2) is 29.2 Å². The number of carbonyl (C=O) groups is 1. The van der Waals surface area contributed by atoms with Crippen molar-refractivity contribution in [3.05, 3.63) is 24.3 Å². The van der Waals surface area contributed by atoms with Crippen molar-refractivity contribution in [2.24, 2.45) is 5.73 Å². The van der Waals surface area contributed by atoms with Crippen molar-refractivity contribution in [3.8, 4) is 5.75 Å². The fourth-order valence-electron chi connectivity index (χ4n) is 1.27. The summed E-state index contributed by atoms with van der Waals surface area (Å²) in [5.41, 5.74) is 4.74. The summed E-state index contributed by atoms with van der Waals surface area (Å²) < 4.78 is 34.9. The third kappa shape index (κ3) is 5.03. The van der Waals surface area contributed by atoms with E-state index in [-0.39, 0.29) is 23.9 Å². The Kier molecular flexibility index (Phi) is 5.74. The standard InChI is InChI=1S/C11H16N2O6S/c1-13-20(16,17)10-4-2-3-9(5-10)18-6-8(14)7-19-11(12)15/h2-5,8,13-14H,6-7H2,1H3,(H2,12,15). The van der Waals surface area contributed by atoms with Gasteiger partial charge in [-0.3, -0.25) is 0 Å². The summed E-state index contributed by atoms with van der Waals surface area (Å²) in [6.45, 7) is -0.472. The molecule has 8 nitrogen and oxygen atoms in total. The zero-order chi connectivity index (χ0) is 15.2. The molecule has 1 unspecified atom stereocenters. The highest BCUT2D eigenvalue weighted by molar-refractivity contribution is 7.89. The second kappa shape index (κ2) is 7.08. The molecule has 0 saturated carbocycles. The minimum absolute atomic E-state index is 0.0420. The molecule has 0 heterocycles. The Labute approximate surface area is 116 Å². The predicted octanol–water partition coefficient (Wildman–Crippen LogP) is -0.570. The number of hydrogen-bond donors (Lipinski definition) is 3. The summed E-state index contributed by atoms with van der Waals surface area (Å²) in [5.74, 6) is 0.263. The number of amides is 1. The molecule has 0 aliphatic heterocycles. The molecule has 4 N–H and O–H groups in total. The first-order chi connectivity index (χ1) is 9.35. The number of aliphatic hydroxyl groups excluding tert-OH is 1. The van der Waals surface area contributed by atoms with E-state index >= 15 is 0 Å². The maximum atomic E-state index is 11.6. The molecule has 9 heteroatoms. The quantitative estimate of drug-likeness (QED) is 0.619. The Balaban J connectivity index is 2.61. The number of carbonyl (C=O) groups excluding carboxylic acids is 1. The lowest BCUT2D eigenvalue weighted by Crippen LogP contribution is -2.27. The van der Waals surface area contributed by atoms with Gasteiger partial charge in [0.05, 0.1) is 4.90 Å². The van der Waals surface area contributed by atoms with Gasteiger partial charge in [-0.05, 0) is 19.2 Å². The third-order valence-electron chi connectivity index (χ3n) is 2.24. The van der Waals surface area contributed by atoms with E-state index in [9.17, 15) is 18.3 Å². The van der Waals surface area contributed by atoms with Crippen LogP contribution in [0.5, 0.6) is 5.75 Å². The first kappa shape index (κ1) is 16.2. The van der Waals surface area contributed by atoms with Crippen LogP contribution in [0.25, 0.3) is 0 Å². The van der Waals surface area contributed by atoms with Crippen LogP contribution in [-0.4, -0.2) is 46.0 Å². The Hall–Kier alpha value is -1.84. The number of aliphatic hydroxyl groups is 1. The molecule has 20 heavy (non-hydrogen) atoms. The molecule has 0 spiro atoms. The average Bonchev–Trinajstić information content (AvgIpc) is 2.43. The summed E-state index contributed by atoms with van der Waals surface area (Å²) in [7, 11) is -2.26. The van der Waals surface area contributed by atoms with Crippen molar-refractivity contribution in [2.45, 2.75) is 11.0 Å². The lowest BCUT2D eigenvalue weighted by molar-refractivity contribution is 0.0419. The van der Waals surface area contributed by atoms with Gasteiger partial charge in [0, 0.05) is 6.07 Å². The SMILES string of the molecule is CNS(=O)(=O)c1cccc(OCC(O)COC(N)=O)c1. The number of rotatable bonds is 7. The topological polar surface area (TPSA) is 128 Å². The van der Waals surface area contributed by atoms with Crippen LogP contribution in [0, 0.1) is 0 Å². The zero-order valence-electron chi connectivity index (χ0n) is 10.8. The van der Waals surface area contributed by atoms with Crippen molar-refractivity contribution in [2.75, 3.05) is 20.3 Å². The summed E-state index contributed by atoms with van der Waals surface area (Å²) >= 11 is 0. The number of primary amides is 1. The fraction of sp³-hybridized carbons (Fsp3) is 0.364. The summed E-state index contributed by atoms with van der Waals surface area (Å²) in [6, 6.07) is 5.76. The molecule has 1 amide bonds. The van der Waals surface area contributed by atoms with Crippen LogP contribution < -0.4 is 15.2 Å². The number of nitrogens with one attached hydrogen (secondary N) is 1. The summed E-state index contributed by atoms with van der Waals surface area (Å²) in [4.78, 5) is 10.4. The van der Waals surface area contributed by atoms with Gasteiger partial charge in [-0.15, -0.1) is 0 Å². The number of hydrogen-bond acceptors (Lipinski definition) is 6. The molecule has 112 valence electrons. The van der Waals surface area contributed by atoms with E-state index < -0.39 is 22.2 Å². The minimum atomic E-state index is -3.56. The molecular formula is C11H16N2O6S. The van der Waals surface area contributed by atoms with E-state index in [0.717, 1.165) is 0 Å². The highest BCUT2D eigenvalue weighted by Crippen LogP contribution is 2.17. The van der Waals surface area contributed by atoms with Crippen LogP contribution in [0.1, 0.15) is 0 Å². The van der Waals surface area contributed by atoms with Crippen LogP contribution in [-0.2, 0) is 14.8 Å². The lowest BCUT2D eigenvalue weighted by Gasteiger charge is -2.12. The molecule has 1 atom stereocenters. The van der Waals surface area contributed by atoms with Crippen molar-refractivity contribution >= 4 is 16.1 Å². The van der Waals surface area contributed by atoms with Gasteiger partial charge >= 0.3 is 6.09 Å². The minimum Gasteiger partial charge on any atom is -0.491 e. The molecule has 0 saturated heterocycles. The molecule has 0 bridgehead atoms. The van der Waals surface area contributed by atoms with Gasteiger partial charge in [0.1, 0.15) is 25.1 Å². The average molecular weight is 304 g/mol. The normalized spacial score (nSPS) is 12.7. The Morgan fingerprint density at radius 2 is 2.15 bits per heavy atom. The predicted molar refractivity (Wildman–Crippen MR) is 69.7 cm³/mol. The van der Waals surface area contributed by atoms with Crippen LogP contribution in [0.3, 0.4) is 0 Å². The van der Waals surface area contributed by atoms with Crippen LogP contribution >= 0.6 is 0 Å². The summed E-state index contributed by atoms with van der Waals surface area (Å²) in [6.07, 6.45) is -2.06. The van der Waals surface area contributed by atoms with E-state index in [1.807, 2.05) is 0 Å². The van der Waals surface area contributed by atoms with Crippen molar-refractivity contribution in [1.29, 1.82) is 0 Å². The van der Waals surface area contributed by atoms with Gasteiger partial charge in [0.2, 0.25) is 10.0 Å². The van der Waals surface area contributed by atoms with E-state index in [0.29, 0.717) is 0 Å².